The van der Waals surface area contributed by atoms with E-state index in [1.165, 1.54) is 13.2 Å². The third kappa shape index (κ3) is 2.98. The quantitative estimate of drug-likeness (QED) is 0.837. The molecule has 0 aliphatic carbocycles. The van der Waals surface area contributed by atoms with Crippen LogP contribution in [0.15, 0.2) is 36.4 Å². The zero-order chi connectivity index (χ0) is 14.5. The van der Waals surface area contributed by atoms with E-state index in [2.05, 4.69) is 11.4 Å². The lowest BCUT2D eigenvalue weighted by Gasteiger charge is -2.10. The van der Waals surface area contributed by atoms with Crippen LogP contribution in [-0.2, 0) is 6.42 Å². The minimum absolute atomic E-state index is 0.169. The molecule has 2 aromatic rings. The fourth-order valence-corrected chi connectivity index (χ4v) is 1.83. The second-order valence-electron chi connectivity index (χ2n) is 4.22. The first kappa shape index (κ1) is 13.7. The first-order valence-electron chi connectivity index (χ1n) is 6.00. The topological polar surface area (TPSA) is 71.1 Å². The Morgan fingerprint density at radius 1 is 1.25 bits per heavy atom. The molecule has 0 aromatic heterocycles. The van der Waals surface area contributed by atoms with Crippen molar-refractivity contribution in [1.29, 1.82) is 5.26 Å². The van der Waals surface area contributed by atoms with Gasteiger partial charge in [-0.05, 0) is 35.9 Å². The van der Waals surface area contributed by atoms with Gasteiger partial charge in [0, 0.05) is 23.1 Å². The molecule has 0 fully saturated rings. The number of rotatable bonds is 4. The van der Waals surface area contributed by atoms with Crippen molar-refractivity contribution < 1.29 is 9.13 Å². The Balaban J connectivity index is 2.26. The summed E-state index contributed by atoms with van der Waals surface area (Å²) in [5.74, 6) is -0.247. The summed E-state index contributed by atoms with van der Waals surface area (Å²) in [6, 6.07) is 11.9. The summed E-state index contributed by atoms with van der Waals surface area (Å²) < 4.78 is 18.2. The monoisotopic (exact) mass is 271 g/mol. The molecule has 4 nitrogen and oxygen atoms in total. The lowest BCUT2D eigenvalue weighted by Crippen LogP contribution is -1.97. The first-order valence-corrected chi connectivity index (χ1v) is 6.00. The highest BCUT2D eigenvalue weighted by Gasteiger charge is 2.05. The van der Waals surface area contributed by atoms with Crippen molar-refractivity contribution in [1.82, 2.24) is 0 Å². The minimum atomic E-state index is -0.416. The molecule has 0 atom stereocenters. The molecule has 0 heterocycles. The number of nitrogens with one attached hydrogen (secondary N) is 1. The first-order chi connectivity index (χ1) is 9.63. The average molecular weight is 271 g/mol. The van der Waals surface area contributed by atoms with Crippen molar-refractivity contribution in [3.63, 3.8) is 0 Å². The van der Waals surface area contributed by atoms with E-state index in [-0.39, 0.29) is 12.2 Å². The molecule has 0 radical (unpaired) electrons. The van der Waals surface area contributed by atoms with Crippen molar-refractivity contribution in [2.45, 2.75) is 6.42 Å². The summed E-state index contributed by atoms with van der Waals surface area (Å²) in [4.78, 5) is 0. The van der Waals surface area contributed by atoms with Gasteiger partial charge in [0.15, 0.2) is 11.6 Å². The number of nitrogens with zero attached hydrogens (tertiary/aromatic N) is 1. The number of nitrogen functional groups attached to an aromatic ring is 1. The van der Waals surface area contributed by atoms with Gasteiger partial charge in [0.2, 0.25) is 0 Å². The fraction of sp³-hybridized carbons (Fsp3) is 0.133. The molecule has 2 rings (SSSR count). The number of anilines is 3. The van der Waals surface area contributed by atoms with Crippen molar-refractivity contribution in [2.24, 2.45) is 0 Å². The van der Waals surface area contributed by atoms with Crippen LogP contribution in [0.5, 0.6) is 5.75 Å². The van der Waals surface area contributed by atoms with Crippen LogP contribution in [0, 0.1) is 17.1 Å². The van der Waals surface area contributed by atoms with Crippen molar-refractivity contribution in [3.05, 3.63) is 47.8 Å². The highest BCUT2D eigenvalue weighted by molar-refractivity contribution is 5.65. The minimum Gasteiger partial charge on any atom is -0.494 e. The number of ether oxygens (including phenoxy) is 1. The molecule has 3 N–H and O–H groups in total. The summed E-state index contributed by atoms with van der Waals surface area (Å²) in [7, 11) is 1.41. The SMILES string of the molecule is COc1cc(Nc2ccc(N)c(CC#N)c2)ccc1F. The van der Waals surface area contributed by atoms with Gasteiger partial charge >= 0.3 is 0 Å². The standard InChI is InChI=1S/C15H14FN3O/c1-20-15-9-12(2-4-13(15)16)19-11-3-5-14(18)10(8-11)6-7-17/h2-5,8-9,19H,6,18H2,1H3. The van der Waals surface area contributed by atoms with Crippen LogP contribution < -0.4 is 15.8 Å². The predicted octanol–water partition coefficient (Wildman–Crippen LogP) is 3.23. The Kier molecular flexibility index (Phi) is 4.06. The Labute approximate surface area is 116 Å². The van der Waals surface area contributed by atoms with Crippen LogP contribution >= 0.6 is 0 Å². The van der Waals surface area contributed by atoms with Crippen molar-refractivity contribution in [3.8, 4) is 11.8 Å². The third-order valence-electron chi connectivity index (χ3n) is 2.85. The average Bonchev–Trinajstić information content (AvgIpc) is 2.45. The number of benzene rings is 2. The molecule has 0 unspecified atom stereocenters. The molecule has 20 heavy (non-hydrogen) atoms. The van der Waals surface area contributed by atoms with Crippen LogP contribution in [0.2, 0.25) is 0 Å². The second kappa shape index (κ2) is 5.93. The van der Waals surface area contributed by atoms with E-state index >= 15 is 0 Å². The van der Waals surface area contributed by atoms with Gasteiger partial charge in [0.05, 0.1) is 19.6 Å². The molecular weight excluding hydrogens is 257 g/mol. The Bertz CT molecular complexity index is 665. The van der Waals surface area contributed by atoms with Crippen LogP contribution in [0.25, 0.3) is 0 Å². The maximum absolute atomic E-state index is 13.3. The summed E-state index contributed by atoms with van der Waals surface area (Å²) in [6.45, 7) is 0. The van der Waals surface area contributed by atoms with E-state index in [4.69, 9.17) is 15.7 Å². The van der Waals surface area contributed by atoms with Crippen LogP contribution in [-0.4, -0.2) is 7.11 Å². The molecule has 0 saturated carbocycles. The Morgan fingerprint density at radius 2 is 1.95 bits per heavy atom. The normalized spacial score (nSPS) is 9.85. The Morgan fingerprint density at radius 3 is 2.65 bits per heavy atom. The van der Waals surface area contributed by atoms with Gasteiger partial charge in [-0.25, -0.2) is 4.39 Å². The van der Waals surface area contributed by atoms with Gasteiger partial charge in [-0.3, -0.25) is 0 Å². The Hall–Kier alpha value is -2.74. The van der Waals surface area contributed by atoms with E-state index in [0.29, 0.717) is 11.4 Å². The molecule has 0 saturated heterocycles. The van der Waals surface area contributed by atoms with E-state index in [1.54, 1.807) is 30.3 Å². The smallest absolute Gasteiger partial charge is 0.165 e. The highest BCUT2D eigenvalue weighted by Crippen LogP contribution is 2.26. The van der Waals surface area contributed by atoms with Gasteiger partial charge in [0.25, 0.3) is 0 Å². The highest BCUT2D eigenvalue weighted by atomic mass is 19.1. The number of hydrogen-bond acceptors (Lipinski definition) is 4. The number of nitriles is 1. The molecule has 2 aromatic carbocycles. The zero-order valence-corrected chi connectivity index (χ0v) is 11.0. The zero-order valence-electron chi connectivity index (χ0n) is 11.0. The second-order valence-corrected chi connectivity index (χ2v) is 4.22. The van der Waals surface area contributed by atoms with E-state index < -0.39 is 5.82 Å². The summed E-state index contributed by atoms with van der Waals surface area (Å²) in [6.07, 6.45) is 0.244. The number of halogens is 1. The maximum atomic E-state index is 13.3. The van der Waals surface area contributed by atoms with Crippen LogP contribution in [0.4, 0.5) is 21.5 Å². The molecule has 0 spiro atoms. The lowest BCUT2D eigenvalue weighted by atomic mass is 10.1. The lowest BCUT2D eigenvalue weighted by molar-refractivity contribution is 0.387. The van der Waals surface area contributed by atoms with E-state index in [1.807, 2.05) is 0 Å². The van der Waals surface area contributed by atoms with Gasteiger partial charge in [-0.1, -0.05) is 0 Å². The molecule has 5 heteroatoms. The van der Waals surface area contributed by atoms with Gasteiger partial charge in [-0.2, -0.15) is 5.26 Å². The van der Waals surface area contributed by atoms with E-state index in [0.717, 1.165) is 11.3 Å². The van der Waals surface area contributed by atoms with Gasteiger partial charge in [0.1, 0.15) is 0 Å². The van der Waals surface area contributed by atoms with Crippen LogP contribution in [0.1, 0.15) is 5.56 Å². The molecule has 102 valence electrons. The molecular formula is C15H14FN3O. The van der Waals surface area contributed by atoms with Gasteiger partial charge in [-0.15, -0.1) is 0 Å². The number of hydrogen-bond donors (Lipinski definition) is 2. The fourth-order valence-electron chi connectivity index (χ4n) is 1.83. The number of nitrogens with two attached hydrogens (primary N) is 1. The molecule has 0 bridgehead atoms. The summed E-state index contributed by atoms with van der Waals surface area (Å²) in [5.41, 5.74) is 8.59. The predicted molar refractivity (Wildman–Crippen MR) is 76.4 cm³/mol. The third-order valence-corrected chi connectivity index (χ3v) is 2.85. The van der Waals surface area contributed by atoms with Crippen molar-refractivity contribution >= 4 is 17.1 Å². The maximum Gasteiger partial charge on any atom is 0.165 e. The summed E-state index contributed by atoms with van der Waals surface area (Å²) in [5, 5.41) is 11.9. The summed E-state index contributed by atoms with van der Waals surface area (Å²) >= 11 is 0. The molecule has 0 aliphatic heterocycles. The van der Waals surface area contributed by atoms with Crippen LogP contribution in [0.3, 0.4) is 0 Å². The molecule has 0 amide bonds. The largest absolute Gasteiger partial charge is 0.494 e. The van der Waals surface area contributed by atoms with E-state index in [9.17, 15) is 4.39 Å². The van der Waals surface area contributed by atoms with Crippen molar-refractivity contribution in [2.75, 3.05) is 18.2 Å². The number of methoxy groups -OCH3 is 1. The molecule has 0 aliphatic rings. The van der Waals surface area contributed by atoms with Gasteiger partial charge < -0.3 is 15.8 Å².